The third-order valence-corrected chi connectivity index (χ3v) is 5.61. The van der Waals surface area contributed by atoms with Crippen LogP contribution in [-0.4, -0.2) is 62.9 Å². The fourth-order valence-electron chi connectivity index (χ4n) is 3.81. The quantitative estimate of drug-likeness (QED) is 0.535. The molecular formula is C22H24N6O. The smallest absolute Gasteiger partial charge is 0.258 e. The normalized spacial score (nSPS) is 15.9. The van der Waals surface area contributed by atoms with Gasteiger partial charge in [-0.1, -0.05) is 29.4 Å². The highest BCUT2D eigenvalue weighted by atomic mass is 16.5. The minimum Gasteiger partial charge on any atom is -0.334 e. The van der Waals surface area contributed by atoms with Crippen molar-refractivity contribution in [2.45, 2.75) is 6.54 Å². The first kappa shape index (κ1) is 18.0. The molecule has 0 spiro atoms. The molecule has 0 N–H and O–H groups in total. The van der Waals surface area contributed by atoms with Crippen molar-refractivity contribution >= 4 is 10.9 Å². The van der Waals surface area contributed by atoms with Crippen LogP contribution in [0.5, 0.6) is 0 Å². The number of nitrogens with zero attached hydrogens (tertiary/aromatic N) is 6. The Morgan fingerprint density at radius 1 is 0.966 bits per heavy atom. The standard InChI is InChI=1S/C22H24N6O/c1-26-8-10-28(11-9-26)15-16-4-3-5-17(12-16)21-24-22(29-25-21)18-6-7-19-14-23-27(2)20(19)13-18/h3-7,12-14H,8-11,15H2,1-2H3. The zero-order valence-corrected chi connectivity index (χ0v) is 16.7. The van der Waals surface area contributed by atoms with E-state index in [0.29, 0.717) is 11.7 Å². The van der Waals surface area contributed by atoms with Gasteiger partial charge in [-0.3, -0.25) is 9.58 Å². The summed E-state index contributed by atoms with van der Waals surface area (Å²) in [5, 5.41) is 9.60. The molecular weight excluding hydrogens is 364 g/mol. The van der Waals surface area contributed by atoms with Gasteiger partial charge in [0.2, 0.25) is 5.82 Å². The molecule has 5 rings (SSSR count). The van der Waals surface area contributed by atoms with Crippen molar-refractivity contribution < 1.29 is 4.52 Å². The zero-order chi connectivity index (χ0) is 19.8. The molecule has 7 nitrogen and oxygen atoms in total. The first-order valence-electron chi connectivity index (χ1n) is 9.92. The molecule has 0 saturated carbocycles. The molecule has 7 heteroatoms. The van der Waals surface area contributed by atoms with Gasteiger partial charge in [-0.05, 0) is 30.8 Å². The molecule has 148 valence electrons. The maximum Gasteiger partial charge on any atom is 0.258 e. The van der Waals surface area contributed by atoms with Crippen LogP contribution in [0, 0.1) is 0 Å². The second-order valence-electron chi connectivity index (χ2n) is 7.74. The van der Waals surface area contributed by atoms with Crippen molar-refractivity contribution in [3.63, 3.8) is 0 Å². The maximum atomic E-state index is 5.57. The van der Waals surface area contributed by atoms with E-state index in [0.717, 1.165) is 54.8 Å². The maximum absolute atomic E-state index is 5.57. The van der Waals surface area contributed by atoms with Crippen LogP contribution in [0.3, 0.4) is 0 Å². The summed E-state index contributed by atoms with van der Waals surface area (Å²) in [5.41, 5.74) is 4.19. The average Bonchev–Trinajstić information content (AvgIpc) is 3.37. The lowest BCUT2D eigenvalue weighted by atomic mass is 10.1. The van der Waals surface area contributed by atoms with E-state index in [1.165, 1.54) is 5.56 Å². The molecule has 0 amide bonds. The molecule has 2 aromatic carbocycles. The van der Waals surface area contributed by atoms with Gasteiger partial charge in [0, 0.05) is 56.3 Å². The fraction of sp³-hybridized carbons (Fsp3) is 0.318. The molecule has 29 heavy (non-hydrogen) atoms. The summed E-state index contributed by atoms with van der Waals surface area (Å²) >= 11 is 0. The van der Waals surface area contributed by atoms with Crippen LogP contribution < -0.4 is 0 Å². The Bertz CT molecular complexity index is 1140. The van der Waals surface area contributed by atoms with Crippen molar-refractivity contribution in [2.75, 3.05) is 33.2 Å². The van der Waals surface area contributed by atoms with E-state index in [9.17, 15) is 0 Å². The van der Waals surface area contributed by atoms with Gasteiger partial charge in [0.25, 0.3) is 5.89 Å². The Labute approximate surface area is 169 Å². The molecule has 0 unspecified atom stereocenters. The number of rotatable bonds is 4. The van der Waals surface area contributed by atoms with Crippen LogP contribution in [0.25, 0.3) is 33.7 Å². The molecule has 1 aliphatic rings. The SMILES string of the molecule is CN1CCN(Cc2cccc(-c3noc(-c4ccc5cnn(C)c5c4)n3)c2)CC1. The highest BCUT2D eigenvalue weighted by Crippen LogP contribution is 2.26. The van der Waals surface area contributed by atoms with Crippen LogP contribution >= 0.6 is 0 Å². The average molecular weight is 388 g/mol. The molecule has 0 atom stereocenters. The molecule has 1 fully saturated rings. The Kier molecular flexibility index (Phi) is 4.61. The van der Waals surface area contributed by atoms with Gasteiger partial charge in [-0.2, -0.15) is 10.1 Å². The summed E-state index contributed by atoms with van der Waals surface area (Å²) in [6, 6.07) is 14.5. The van der Waals surface area contributed by atoms with E-state index in [2.05, 4.69) is 50.3 Å². The molecule has 3 heterocycles. The Morgan fingerprint density at radius 2 is 1.83 bits per heavy atom. The summed E-state index contributed by atoms with van der Waals surface area (Å²) in [5.74, 6) is 1.14. The van der Waals surface area contributed by atoms with Crippen molar-refractivity contribution in [3.8, 4) is 22.8 Å². The van der Waals surface area contributed by atoms with Crippen LogP contribution in [0.15, 0.2) is 53.2 Å². The second-order valence-corrected chi connectivity index (χ2v) is 7.74. The minimum atomic E-state index is 0.521. The number of hydrogen-bond donors (Lipinski definition) is 0. The minimum absolute atomic E-state index is 0.521. The zero-order valence-electron chi connectivity index (χ0n) is 16.7. The molecule has 2 aromatic heterocycles. The van der Waals surface area contributed by atoms with Crippen LogP contribution in [0.2, 0.25) is 0 Å². The third-order valence-electron chi connectivity index (χ3n) is 5.61. The first-order chi connectivity index (χ1) is 14.2. The van der Waals surface area contributed by atoms with Gasteiger partial charge in [0.05, 0.1) is 11.7 Å². The summed E-state index contributed by atoms with van der Waals surface area (Å²) in [6.45, 7) is 5.39. The number of piperazine rings is 1. The molecule has 1 saturated heterocycles. The van der Waals surface area contributed by atoms with E-state index in [1.54, 1.807) is 0 Å². The predicted octanol–water partition coefficient (Wildman–Crippen LogP) is 3.04. The van der Waals surface area contributed by atoms with E-state index in [4.69, 9.17) is 4.52 Å². The number of aryl methyl sites for hydroxylation is 1. The van der Waals surface area contributed by atoms with Gasteiger partial charge in [-0.15, -0.1) is 0 Å². The Hall–Kier alpha value is -3.03. The Balaban J connectivity index is 1.37. The van der Waals surface area contributed by atoms with Gasteiger partial charge in [0.15, 0.2) is 0 Å². The first-order valence-corrected chi connectivity index (χ1v) is 9.92. The van der Waals surface area contributed by atoms with Gasteiger partial charge < -0.3 is 9.42 Å². The van der Waals surface area contributed by atoms with Crippen LogP contribution in [0.4, 0.5) is 0 Å². The number of benzene rings is 2. The van der Waals surface area contributed by atoms with Crippen molar-refractivity contribution in [1.29, 1.82) is 0 Å². The summed E-state index contributed by atoms with van der Waals surface area (Å²) in [4.78, 5) is 9.50. The lowest BCUT2D eigenvalue weighted by Gasteiger charge is -2.32. The lowest BCUT2D eigenvalue weighted by molar-refractivity contribution is 0.148. The molecule has 0 radical (unpaired) electrons. The van der Waals surface area contributed by atoms with Crippen molar-refractivity contribution in [1.82, 2.24) is 29.7 Å². The van der Waals surface area contributed by atoms with Crippen molar-refractivity contribution in [2.24, 2.45) is 7.05 Å². The highest BCUT2D eigenvalue weighted by molar-refractivity contribution is 5.83. The summed E-state index contributed by atoms with van der Waals surface area (Å²) in [7, 11) is 4.11. The topological polar surface area (TPSA) is 63.2 Å². The number of hydrogen-bond acceptors (Lipinski definition) is 6. The van der Waals surface area contributed by atoms with Crippen LogP contribution in [-0.2, 0) is 13.6 Å². The predicted molar refractivity (Wildman–Crippen MR) is 112 cm³/mol. The molecule has 4 aromatic rings. The number of fused-ring (bicyclic) bond motifs is 1. The number of likely N-dealkylation sites (N-methyl/N-ethyl adjacent to an activating group) is 1. The summed E-state index contributed by atoms with van der Waals surface area (Å²) in [6.07, 6.45) is 1.85. The molecule has 1 aliphatic heterocycles. The van der Waals surface area contributed by atoms with Gasteiger partial charge in [-0.25, -0.2) is 0 Å². The van der Waals surface area contributed by atoms with E-state index in [1.807, 2.05) is 42.2 Å². The van der Waals surface area contributed by atoms with E-state index < -0.39 is 0 Å². The van der Waals surface area contributed by atoms with Gasteiger partial charge in [0.1, 0.15) is 0 Å². The largest absolute Gasteiger partial charge is 0.334 e. The third kappa shape index (κ3) is 3.66. The van der Waals surface area contributed by atoms with E-state index in [-0.39, 0.29) is 0 Å². The number of aromatic nitrogens is 4. The second kappa shape index (κ2) is 7.42. The van der Waals surface area contributed by atoms with Crippen LogP contribution in [0.1, 0.15) is 5.56 Å². The Morgan fingerprint density at radius 3 is 2.69 bits per heavy atom. The summed E-state index contributed by atoms with van der Waals surface area (Å²) < 4.78 is 7.41. The molecule has 0 aliphatic carbocycles. The molecule has 0 bridgehead atoms. The highest BCUT2D eigenvalue weighted by Gasteiger charge is 2.16. The fourth-order valence-corrected chi connectivity index (χ4v) is 3.81. The monoisotopic (exact) mass is 388 g/mol. The van der Waals surface area contributed by atoms with Gasteiger partial charge >= 0.3 is 0 Å². The van der Waals surface area contributed by atoms with E-state index >= 15 is 0 Å². The van der Waals surface area contributed by atoms with Crippen molar-refractivity contribution in [3.05, 3.63) is 54.2 Å². The lowest BCUT2D eigenvalue weighted by Crippen LogP contribution is -2.43.